The minimum absolute atomic E-state index is 0.291. The highest BCUT2D eigenvalue weighted by molar-refractivity contribution is 5.88. The van der Waals surface area contributed by atoms with E-state index >= 15 is 0 Å². The molecule has 0 spiro atoms. The van der Waals surface area contributed by atoms with E-state index in [1.54, 1.807) is 42.6 Å². The summed E-state index contributed by atoms with van der Waals surface area (Å²) in [7, 11) is 0. The van der Waals surface area contributed by atoms with Crippen LogP contribution in [-0.2, 0) is 4.79 Å². The molecule has 1 atom stereocenters. The number of nitriles is 1. The van der Waals surface area contributed by atoms with E-state index < -0.39 is 11.8 Å². The number of hydrogen-bond acceptors (Lipinski definition) is 3. The van der Waals surface area contributed by atoms with Crippen LogP contribution >= 0.6 is 0 Å². The molecule has 0 unspecified atom stereocenters. The summed E-state index contributed by atoms with van der Waals surface area (Å²) in [4.78, 5) is 12.3. The van der Waals surface area contributed by atoms with E-state index in [4.69, 9.17) is 0 Å². The van der Waals surface area contributed by atoms with Gasteiger partial charge in [-0.15, -0.1) is 0 Å². The molecule has 0 saturated carbocycles. The number of nitrogens with one attached hydrogen (secondary N) is 1. The predicted octanol–water partition coefficient (Wildman–Crippen LogP) is 3.99. The van der Waals surface area contributed by atoms with Crippen molar-refractivity contribution in [3.63, 3.8) is 0 Å². The molecule has 1 amide bonds. The first-order chi connectivity index (χ1) is 13.5. The van der Waals surface area contributed by atoms with E-state index in [-0.39, 0.29) is 5.82 Å². The lowest BCUT2D eigenvalue weighted by atomic mass is 10.0. The molecule has 0 radical (unpaired) electrons. The molecule has 6 heteroatoms. The van der Waals surface area contributed by atoms with Crippen molar-refractivity contribution >= 4 is 12.1 Å². The maximum atomic E-state index is 13.2. The van der Waals surface area contributed by atoms with Crippen LogP contribution in [0.1, 0.15) is 28.4 Å². The minimum Gasteiger partial charge on any atom is -0.318 e. The molecule has 140 valence electrons. The third-order valence-electron chi connectivity index (χ3n) is 4.46. The van der Waals surface area contributed by atoms with Crippen LogP contribution in [0.4, 0.5) is 4.39 Å². The van der Waals surface area contributed by atoms with Crippen LogP contribution in [0.25, 0.3) is 5.69 Å². The Kier molecular flexibility index (Phi) is 5.66. The van der Waals surface area contributed by atoms with Crippen molar-refractivity contribution in [1.82, 2.24) is 9.99 Å². The summed E-state index contributed by atoms with van der Waals surface area (Å²) < 4.78 is 15.2. The molecule has 0 bridgehead atoms. The van der Waals surface area contributed by atoms with Crippen LogP contribution in [0.3, 0.4) is 0 Å². The molecule has 0 aliphatic carbocycles. The molecule has 1 N–H and O–H groups in total. The van der Waals surface area contributed by atoms with Crippen molar-refractivity contribution in [2.75, 3.05) is 0 Å². The molecule has 28 heavy (non-hydrogen) atoms. The molecule has 0 aliphatic heterocycles. The molecule has 2 aromatic carbocycles. The van der Waals surface area contributed by atoms with Crippen LogP contribution in [0.5, 0.6) is 0 Å². The predicted molar refractivity (Wildman–Crippen MR) is 106 cm³/mol. The number of benzene rings is 2. The molecular weight excluding hydrogens is 355 g/mol. The normalized spacial score (nSPS) is 11.9. The average Bonchev–Trinajstić information content (AvgIpc) is 2.97. The number of hydrazone groups is 1. The first kappa shape index (κ1) is 19.1. The Balaban J connectivity index is 1.76. The van der Waals surface area contributed by atoms with Gasteiger partial charge in [0.15, 0.2) is 5.92 Å². The quantitative estimate of drug-likeness (QED) is 0.542. The van der Waals surface area contributed by atoms with Gasteiger partial charge in [-0.2, -0.15) is 10.4 Å². The number of carbonyl (C=O) groups excluding carboxylic acids is 1. The lowest BCUT2D eigenvalue weighted by Gasteiger charge is -2.09. The van der Waals surface area contributed by atoms with Crippen molar-refractivity contribution in [1.29, 1.82) is 5.26 Å². The molecule has 3 rings (SSSR count). The van der Waals surface area contributed by atoms with Crippen molar-refractivity contribution < 1.29 is 9.18 Å². The third kappa shape index (κ3) is 3.99. The van der Waals surface area contributed by atoms with Gasteiger partial charge in [0.05, 0.1) is 12.3 Å². The number of carbonyl (C=O) groups is 1. The standard InChI is InChI=1S/C22H19FN4O/c1-15-12-18(16(2)27(15)20-10-8-19(23)9-11-20)14-25-26-22(28)21(13-24)17-6-4-3-5-7-17/h3-12,14,21H,1-2H3,(H,26,28)/b25-14-/t21-/m0/s1. The van der Waals surface area contributed by atoms with Gasteiger partial charge in [-0.05, 0) is 49.7 Å². The largest absolute Gasteiger partial charge is 0.318 e. The fourth-order valence-electron chi connectivity index (χ4n) is 3.07. The molecule has 0 aliphatic rings. The maximum Gasteiger partial charge on any atom is 0.261 e. The van der Waals surface area contributed by atoms with Gasteiger partial charge in [0.1, 0.15) is 5.82 Å². The number of amides is 1. The SMILES string of the molecule is Cc1cc(/C=N\NC(=O)[C@@H](C#N)c2ccccc2)c(C)n1-c1ccc(F)cc1. The average molecular weight is 374 g/mol. The summed E-state index contributed by atoms with van der Waals surface area (Å²) in [5, 5.41) is 13.3. The summed E-state index contributed by atoms with van der Waals surface area (Å²) in [6.07, 6.45) is 1.54. The highest BCUT2D eigenvalue weighted by Gasteiger charge is 2.19. The number of nitrogens with zero attached hydrogens (tertiary/aromatic N) is 3. The fraction of sp³-hybridized carbons (Fsp3) is 0.136. The third-order valence-corrected chi connectivity index (χ3v) is 4.46. The molecule has 3 aromatic rings. The second-order valence-corrected chi connectivity index (χ2v) is 6.35. The lowest BCUT2D eigenvalue weighted by Crippen LogP contribution is -2.24. The smallest absolute Gasteiger partial charge is 0.261 e. The van der Waals surface area contributed by atoms with Gasteiger partial charge in [0.25, 0.3) is 5.91 Å². The van der Waals surface area contributed by atoms with Crippen molar-refractivity contribution in [3.05, 3.63) is 89.0 Å². The maximum absolute atomic E-state index is 13.2. The van der Waals surface area contributed by atoms with Crippen molar-refractivity contribution in [3.8, 4) is 11.8 Å². The van der Waals surface area contributed by atoms with Crippen LogP contribution in [0, 0.1) is 31.0 Å². The van der Waals surface area contributed by atoms with E-state index in [9.17, 15) is 14.4 Å². The molecule has 5 nitrogen and oxygen atoms in total. The monoisotopic (exact) mass is 374 g/mol. The topological polar surface area (TPSA) is 70.2 Å². The van der Waals surface area contributed by atoms with Crippen LogP contribution in [0.2, 0.25) is 0 Å². The molecular formula is C22H19FN4O. The summed E-state index contributed by atoms with van der Waals surface area (Å²) >= 11 is 0. The highest BCUT2D eigenvalue weighted by Crippen LogP contribution is 2.20. The molecule has 0 saturated heterocycles. The molecule has 1 heterocycles. The zero-order valence-corrected chi connectivity index (χ0v) is 15.6. The number of aryl methyl sites for hydroxylation is 1. The van der Waals surface area contributed by atoms with E-state index in [0.717, 1.165) is 22.6 Å². The van der Waals surface area contributed by atoms with Gasteiger partial charge < -0.3 is 4.57 Å². The number of halogens is 1. The van der Waals surface area contributed by atoms with Gasteiger partial charge in [0, 0.05) is 22.6 Å². The number of rotatable bonds is 5. The Hall–Kier alpha value is -3.72. The molecule has 0 fully saturated rings. The van der Waals surface area contributed by atoms with Crippen molar-refractivity contribution in [2.45, 2.75) is 19.8 Å². The second-order valence-electron chi connectivity index (χ2n) is 6.35. The summed E-state index contributed by atoms with van der Waals surface area (Å²) in [5.74, 6) is -1.71. The zero-order valence-electron chi connectivity index (χ0n) is 15.6. The van der Waals surface area contributed by atoms with Gasteiger partial charge >= 0.3 is 0 Å². The van der Waals surface area contributed by atoms with E-state index in [1.807, 2.05) is 36.6 Å². The first-order valence-corrected chi connectivity index (χ1v) is 8.73. The number of hydrogen-bond donors (Lipinski definition) is 1. The Morgan fingerprint density at radius 2 is 1.86 bits per heavy atom. The van der Waals surface area contributed by atoms with E-state index in [0.29, 0.717) is 5.56 Å². The Morgan fingerprint density at radius 3 is 2.50 bits per heavy atom. The Labute approximate surface area is 162 Å². The van der Waals surface area contributed by atoms with Crippen LogP contribution < -0.4 is 5.43 Å². The summed E-state index contributed by atoms with van der Waals surface area (Å²) in [6, 6.07) is 19.0. The second kappa shape index (κ2) is 8.31. The highest BCUT2D eigenvalue weighted by atomic mass is 19.1. The van der Waals surface area contributed by atoms with Crippen LogP contribution in [-0.4, -0.2) is 16.7 Å². The fourth-order valence-corrected chi connectivity index (χ4v) is 3.07. The molecule has 1 aromatic heterocycles. The van der Waals surface area contributed by atoms with E-state index in [1.165, 1.54) is 12.1 Å². The number of aromatic nitrogens is 1. The van der Waals surface area contributed by atoms with Gasteiger partial charge in [-0.3, -0.25) is 4.79 Å². The van der Waals surface area contributed by atoms with E-state index in [2.05, 4.69) is 10.5 Å². The lowest BCUT2D eigenvalue weighted by molar-refractivity contribution is -0.121. The van der Waals surface area contributed by atoms with Gasteiger partial charge in [0.2, 0.25) is 0 Å². The summed E-state index contributed by atoms with van der Waals surface area (Å²) in [5.41, 5.74) is 6.57. The minimum atomic E-state index is -0.926. The summed E-state index contributed by atoms with van der Waals surface area (Å²) in [6.45, 7) is 3.86. The Morgan fingerprint density at radius 1 is 1.18 bits per heavy atom. The van der Waals surface area contributed by atoms with Gasteiger partial charge in [-0.1, -0.05) is 30.3 Å². The van der Waals surface area contributed by atoms with Crippen LogP contribution in [0.15, 0.2) is 65.8 Å². The first-order valence-electron chi connectivity index (χ1n) is 8.73. The van der Waals surface area contributed by atoms with Crippen molar-refractivity contribution in [2.24, 2.45) is 5.10 Å². The zero-order chi connectivity index (χ0) is 20.1. The van der Waals surface area contributed by atoms with Gasteiger partial charge in [-0.25, -0.2) is 9.82 Å². The Bertz CT molecular complexity index is 1050.